The molecule has 0 aliphatic carbocycles. The van der Waals surface area contributed by atoms with Crippen LogP contribution in [0.15, 0.2) is 78.2 Å². The summed E-state index contributed by atoms with van der Waals surface area (Å²) in [7, 11) is -1.26. The van der Waals surface area contributed by atoms with Crippen LogP contribution in [0, 0.1) is 13.8 Å². The summed E-state index contributed by atoms with van der Waals surface area (Å²) in [6, 6.07) is 16.5. The number of benzene rings is 3. The Labute approximate surface area is 212 Å². The highest BCUT2D eigenvalue weighted by molar-refractivity contribution is 7.92. The van der Waals surface area contributed by atoms with Gasteiger partial charge < -0.3 is 19.5 Å². The fourth-order valence-corrected chi connectivity index (χ4v) is 5.08. The third-order valence-electron chi connectivity index (χ3n) is 5.21. The summed E-state index contributed by atoms with van der Waals surface area (Å²) in [4.78, 5) is 13.0. The van der Waals surface area contributed by atoms with E-state index in [4.69, 9.17) is 14.2 Å². The van der Waals surface area contributed by atoms with Crippen LogP contribution in [0.1, 0.15) is 11.1 Å². The summed E-state index contributed by atoms with van der Waals surface area (Å²) < 4.78 is 44.7. The lowest BCUT2D eigenvalue weighted by Gasteiger charge is -2.25. The number of ether oxygens (including phenoxy) is 3. The lowest BCUT2D eigenvalue weighted by molar-refractivity contribution is -0.114. The second kappa shape index (κ2) is 11.6. The van der Waals surface area contributed by atoms with E-state index in [1.54, 1.807) is 42.5 Å². The second-order valence-corrected chi connectivity index (χ2v) is 9.91. The van der Waals surface area contributed by atoms with Crippen LogP contribution < -0.4 is 23.8 Å². The zero-order valence-corrected chi connectivity index (χ0v) is 21.6. The highest BCUT2D eigenvalue weighted by atomic mass is 32.2. The number of aryl methyl sites for hydroxylation is 2. The van der Waals surface area contributed by atoms with Crippen LogP contribution in [0.3, 0.4) is 0 Å². The van der Waals surface area contributed by atoms with Gasteiger partial charge in [0, 0.05) is 17.8 Å². The van der Waals surface area contributed by atoms with Crippen LogP contribution in [0.5, 0.6) is 17.2 Å². The molecule has 36 heavy (non-hydrogen) atoms. The smallest absolute Gasteiger partial charge is 0.264 e. The third kappa shape index (κ3) is 6.37. The second-order valence-electron chi connectivity index (χ2n) is 8.05. The number of anilines is 2. The molecule has 0 saturated heterocycles. The lowest BCUT2D eigenvalue weighted by Crippen LogP contribution is -2.38. The standard InChI is InChI=1S/C27H30N2O6S/c1-6-12-35-23-9-7-8-21(16-23)28-27(30)18-29(22-14-19(2)13-20(3)15-22)36(31,32)24-10-11-25(33-4)26(17-24)34-5/h6-11,13-17H,1,12,18H2,2-5H3,(H,28,30). The SMILES string of the molecule is C=CCOc1cccc(NC(=O)CN(c2cc(C)cc(C)c2)S(=O)(=O)c2ccc(OC)c(OC)c2)c1. The summed E-state index contributed by atoms with van der Waals surface area (Å²) in [5.74, 6) is 0.696. The number of hydrogen-bond donors (Lipinski definition) is 1. The van der Waals surface area contributed by atoms with Gasteiger partial charge in [-0.25, -0.2) is 8.42 Å². The minimum absolute atomic E-state index is 0.0352. The fraction of sp³-hybridized carbons (Fsp3) is 0.222. The van der Waals surface area contributed by atoms with Crippen LogP contribution in [0.4, 0.5) is 11.4 Å². The summed E-state index contributed by atoms with van der Waals surface area (Å²) in [5.41, 5.74) is 2.58. The highest BCUT2D eigenvalue weighted by Crippen LogP contribution is 2.32. The normalized spacial score (nSPS) is 10.9. The van der Waals surface area contributed by atoms with Gasteiger partial charge in [0.05, 0.1) is 24.8 Å². The first-order valence-electron chi connectivity index (χ1n) is 11.1. The third-order valence-corrected chi connectivity index (χ3v) is 6.98. The number of sulfonamides is 1. The summed E-state index contributed by atoms with van der Waals surface area (Å²) in [6.07, 6.45) is 1.62. The first kappa shape index (κ1) is 26.6. The topological polar surface area (TPSA) is 94.2 Å². The molecule has 9 heteroatoms. The van der Waals surface area contributed by atoms with E-state index < -0.39 is 22.5 Å². The largest absolute Gasteiger partial charge is 0.493 e. The van der Waals surface area contributed by atoms with E-state index in [2.05, 4.69) is 11.9 Å². The van der Waals surface area contributed by atoms with Crippen molar-refractivity contribution in [2.45, 2.75) is 18.7 Å². The quantitative estimate of drug-likeness (QED) is 0.375. The number of methoxy groups -OCH3 is 2. The number of amides is 1. The summed E-state index contributed by atoms with van der Waals surface area (Å²) in [5, 5.41) is 2.76. The van der Waals surface area contributed by atoms with Gasteiger partial charge in [-0.2, -0.15) is 0 Å². The molecule has 1 N–H and O–H groups in total. The van der Waals surface area contributed by atoms with E-state index in [0.29, 0.717) is 29.5 Å². The van der Waals surface area contributed by atoms with Gasteiger partial charge in [0.1, 0.15) is 18.9 Å². The number of carbonyl (C=O) groups excluding carboxylic acids is 1. The van der Waals surface area contributed by atoms with Crippen molar-refractivity contribution < 1.29 is 27.4 Å². The molecule has 8 nitrogen and oxygen atoms in total. The summed E-state index contributed by atoms with van der Waals surface area (Å²) >= 11 is 0. The van der Waals surface area contributed by atoms with Crippen molar-refractivity contribution in [3.05, 3.63) is 84.4 Å². The van der Waals surface area contributed by atoms with Crippen LogP contribution >= 0.6 is 0 Å². The number of nitrogens with zero attached hydrogens (tertiary/aromatic N) is 1. The number of hydrogen-bond acceptors (Lipinski definition) is 6. The first-order chi connectivity index (χ1) is 17.2. The van der Waals surface area contributed by atoms with Crippen molar-refractivity contribution in [2.75, 3.05) is 37.0 Å². The molecule has 0 unspecified atom stereocenters. The molecule has 0 atom stereocenters. The van der Waals surface area contributed by atoms with E-state index in [9.17, 15) is 13.2 Å². The molecular formula is C27H30N2O6S. The molecule has 0 radical (unpaired) electrons. The number of carbonyl (C=O) groups is 1. The molecule has 0 spiro atoms. The number of rotatable bonds is 11. The maximum atomic E-state index is 13.8. The Morgan fingerprint density at radius 1 is 0.972 bits per heavy atom. The molecule has 0 bridgehead atoms. The van der Waals surface area contributed by atoms with Gasteiger partial charge in [0.25, 0.3) is 10.0 Å². The Morgan fingerprint density at radius 3 is 2.31 bits per heavy atom. The predicted octanol–water partition coefficient (Wildman–Crippen LogP) is 4.72. The Hall–Kier alpha value is -3.98. The monoisotopic (exact) mass is 510 g/mol. The van der Waals surface area contributed by atoms with Gasteiger partial charge >= 0.3 is 0 Å². The van der Waals surface area contributed by atoms with Crippen LogP contribution in [0.25, 0.3) is 0 Å². The molecule has 3 aromatic rings. The number of nitrogens with one attached hydrogen (secondary N) is 1. The van der Waals surface area contributed by atoms with Crippen LogP contribution in [-0.2, 0) is 14.8 Å². The molecule has 3 rings (SSSR count). The maximum Gasteiger partial charge on any atom is 0.264 e. The molecule has 0 heterocycles. The van der Waals surface area contributed by atoms with Gasteiger partial charge in [-0.1, -0.05) is 24.8 Å². The Kier molecular flexibility index (Phi) is 8.60. The Bertz CT molecular complexity index is 1330. The van der Waals surface area contributed by atoms with Crippen molar-refractivity contribution in [1.29, 1.82) is 0 Å². The summed E-state index contributed by atoms with van der Waals surface area (Å²) in [6.45, 7) is 7.23. The van der Waals surface area contributed by atoms with Crippen molar-refractivity contribution in [3.8, 4) is 17.2 Å². The van der Waals surface area contributed by atoms with Crippen LogP contribution in [0.2, 0.25) is 0 Å². The molecule has 0 aromatic heterocycles. The average Bonchev–Trinajstić information content (AvgIpc) is 2.85. The lowest BCUT2D eigenvalue weighted by atomic mass is 10.1. The average molecular weight is 511 g/mol. The van der Waals surface area contributed by atoms with Crippen molar-refractivity contribution in [2.24, 2.45) is 0 Å². The maximum absolute atomic E-state index is 13.8. The van der Waals surface area contributed by atoms with E-state index in [-0.39, 0.29) is 10.6 Å². The highest BCUT2D eigenvalue weighted by Gasteiger charge is 2.29. The van der Waals surface area contributed by atoms with Crippen molar-refractivity contribution in [1.82, 2.24) is 0 Å². The fourth-order valence-electron chi connectivity index (χ4n) is 3.66. The minimum Gasteiger partial charge on any atom is -0.493 e. The van der Waals surface area contributed by atoms with Gasteiger partial charge in [0.15, 0.2) is 11.5 Å². The molecule has 0 saturated carbocycles. The van der Waals surface area contributed by atoms with E-state index in [0.717, 1.165) is 15.4 Å². The van der Waals surface area contributed by atoms with Gasteiger partial charge in [0.2, 0.25) is 5.91 Å². The zero-order chi connectivity index (χ0) is 26.3. The van der Waals surface area contributed by atoms with Crippen molar-refractivity contribution >= 4 is 27.3 Å². The minimum atomic E-state index is -4.15. The Balaban J connectivity index is 1.97. The molecule has 190 valence electrons. The van der Waals surface area contributed by atoms with E-state index in [1.165, 1.54) is 32.4 Å². The molecule has 0 fully saturated rings. The van der Waals surface area contributed by atoms with Crippen molar-refractivity contribution in [3.63, 3.8) is 0 Å². The van der Waals surface area contributed by atoms with Gasteiger partial charge in [-0.3, -0.25) is 9.10 Å². The zero-order valence-electron chi connectivity index (χ0n) is 20.8. The van der Waals surface area contributed by atoms with Gasteiger partial charge in [-0.05, 0) is 61.4 Å². The van der Waals surface area contributed by atoms with E-state index >= 15 is 0 Å². The molecule has 1 amide bonds. The molecule has 0 aliphatic heterocycles. The van der Waals surface area contributed by atoms with Crippen LogP contribution in [-0.4, -0.2) is 41.7 Å². The first-order valence-corrected chi connectivity index (χ1v) is 12.6. The van der Waals surface area contributed by atoms with E-state index in [1.807, 2.05) is 19.9 Å². The van der Waals surface area contributed by atoms with Gasteiger partial charge in [-0.15, -0.1) is 0 Å². The molecule has 0 aliphatic rings. The molecular weight excluding hydrogens is 480 g/mol. The Morgan fingerprint density at radius 2 is 1.67 bits per heavy atom. The predicted molar refractivity (Wildman–Crippen MR) is 141 cm³/mol. The molecule has 3 aromatic carbocycles.